The SMILES string of the molecule is CCCO.CCc1c(C)c2cc3[nH]c(cc4nc(c(C)c5nc(cc1[nH]2)C(C)=C5)CC4C)c(C)c3CO. The first-order valence-electron chi connectivity index (χ1n) is 13.3. The quantitative estimate of drug-likeness (QED) is 0.326. The van der Waals surface area contributed by atoms with E-state index in [-0.39, 0.29) is 6.61 Å². The molecular formula is C31H40N4O2. The molecule has 6 nitrogen and oxygen atoms in total. The largest absolute Gasteiger partial charge is 0.396 e. The van der Waals surface area contributed by atoms with Crippen LogP contribution in [0.1, 0.15) is 90.6 Å². The third-order valence-corrected chi connectivity index (χ3v) is 7.58. The van der Waals surface area contributed by atoms with Crippen molar-refractivity contribution in [2.75, 3.05) is 6.61 Å². The second kappa shape index (κ2) is 11.0. The number of aryl methyl sites for hydroxylation is 3. The minimum absolute atomic E-state index is 0.00716. The van der Waals surface area contributed by atoms with E-state index in [1.807, 2.05) is 6.92 Å². The summed E-state index contributed by atoms with van der Waals surface area (Å²) in [5.41, 5.74) is 15.1. The van der Waals surface area contributed by atoms with Crippen LogP contribution in [0.2, 0.25) is 0 Å². The summed E-state index contributed by atoms with van der Waals surface area (Å²) < 4.78 is 0. The third kappa shape index (κ3) is 5.13. The average Bonchev–Trinajstić information content (AvgIpc) is 3.59. The summed E-state index contributed by atoms with van der Waals surface area (Å²) in [6, 6.07) is 6.44. The number of allylic oxidation sites excluding steroid dienone is 1. The van der Waals surface area contributed by atoms with Crippen molar-refractivity contribution < 1.29 is 10.2 Å². The van der Waals surface area contributed by atoms with Crippen molar-refractivity contribution in [3.63, 3.8) is 0 Å². The van der Waals surface area contributed by atoms with Crippen LogP contribution in [-0.2, 0) is 19.4 Å². The van der Waals surface area contributed by atoms with E-state index in [2.05, 4.69) is 75.8 Å². The highest BCUT2D eigenvalue weighted by atomic mass is 16.3. The number of nitrogens with zero attached hydrogens (tertiary/aromatic N) is 2. The maximum absolute atomic E-state index is 10.2. The summed E-state index contributed by atoms with van der Waals surface area (Å²) in [7, 11) is 0. The van der Waals surface area contributed by atoms with Crippen LogP contribution in [-0.4, -0.2) is 36.8 Å². The molecule has 0 spiro atoms. The Kier molecular flexibility index (Phi) is 8.00. The van der Waals surface area contributed by atoms with Gasteiger partial charge in [-0.25, -0.2) is 4.98 Å². The second-order valence-electron chi connectivity index (χ2n) is 10.2. The van der Waals surface area contributed by atoms with Gasteiger partial charge >= 0.3 is 0 Å². The van der Waals surface area contributed by atoms with E-state index in [0.717, 1.165) is 80.8 Å². The molecular weight excluding hydrogens is 460 g/mol. The lowest BCUT2D eigenvalue weighted by atomic mass is 10.0. The lowest BCUT2D eigenvalue weighted by Crippen LogP contribution is -1.91. The standard InChI is InChI=1S/C28H32N4O.C3H8O/c1-7-19-16(4)26-12-28-20(13-33)17(5)25(32-28)10-21-14(2)8-23(29-21)18(6)24-9-15(3)22(30-24)11-27(19)31-26;1-2-3-4/h9-12,14,31-33H,7-8,13H2,1-6H3;4H,2-3H2,1H3. The summed E-state index contributed by atoms with van der Waals surface area (Å²) in [6.07, 6.45) is 4.90. The van der Waals surface area contributed by atoms with Gasteiger partial charge in [0.15, 0.2) is 0 Å². The Morgan fingerprint density at radius 3 is 2.08 bits per heavy atom. The number of aromatic nitrogens is 4. The van der Waals surface area contributed by atoms with Crippen molar-refractivity contribution in [1.29, 1.82) is 0 Å². The van der Waals surface area contributed by atoms with E-state index in [9.17, 15) is 5.11 Å². The molecule has 4 N–H and O–H groups in total. The van der Waals surface area contributed by atoms with Gasteiger partial charge in [0.2, 0.25) is 0 Å². The first-order chi connectivity index (χ1) is 17.7. The minimum Gasteiger partial charge on any atom is -0.396 e. The Labute approximate surface area is 219 Å². The van der Waals surface area contributed by atoms with Crippen LogP contribution in [0.5, 0.6) is 0 Å². The fourth-order valence-corrected chi connectivity index (χ4v) is 5.11. The second-order valence-corrected chi connectivity index (χ2v) is 10.2. The minimum atomic E-state index is -0.00716. The van der Waals surface area contributed by atoms with E-state index in [1.165, 1.54) is 16.7 Å². The van der Waals surface area contributed by atoms with Gasteiger partial charge in [0.25, 0.3) is 0 Å². The van der Waals surface area contributed by atoms with Gasteiger partial charge < -0.3 is 20.2 Å². The number of hydrogen-bond donors (Lipinski definition) is 4. The molecule has 0 aliphatic carbocycles. The molecule has 1 unspecified atom stereocenters. The number of H-pyrrole nitrogens is 2. The van der Waals surface area contributed by atoms with Gasteiger partial charge in [0.1, 0.15) is 0 Å². The molecule has 5 rings (SSSR count). The predicted octanol–water partition coefficient (Wildman–Crippen LogP) is 6.59. The van der Waals surface area contributed by atoms with Crippen molar-refractivity contribution in [1.82, 2.24) is 19.9 Å². The van der Waals surface area contributed by atoms with Gasteiger partial charge in [-0.2, -0.15) is 0 Å². The summed E-state index contributed by atoms with van der Waals surface area (Å²) >= 11 is 0. The normalized spacial score (nSPS) is 14.8. The molecule has 3 aromatic rings. The first-order valence-corrected chi connectivity index (χ1v) is 13.3. The Hall–Kier alpha value is -3.22. The monoisotopic (exact) mass is 500 g/mol. The maximum atomic E-state index is 10.2. The Bertz CT molecular complexity index is 1510. The first kappa shape index (κ1) is 26.8. The molecule has 37 heavy (non-hydrogen) atoms. The van der Waals surface area contributed by atoms with Gasteiger partial charge in [0, 0.05) is 51.5 Å². The zero-order chi connectivity index (χ0) is 26.9. The fourth-order valence-electron chi connectivity index (χ4n) is 5.11. The van der Waals surface area contributed by atoms with Crippen LogP contribution >= 0.6 is 0 Å². The Morgan fingerprint density at radius 1 is 0.838 bits per heavy atom. The molecule has 0 fully saturated rings. The van der Waals surface area contributed by atoms with E-state index in [0.29, 0.717) is 12.5 Å². The molecule has 0 saturated carbocycles. The van der Waals surface area contributed by atoms with E-state index < -0.39 is 0 Å². The predicted molar refractivity (Wildman–Crippen MR) is 154 cm³/mol. The van der Waals surface area contributed by atoms with E-state index in [1.54, 1.807) is 0 Å². The molecule has 2 aliphatic heterocycles. The lowest BCUT2D eigenvalue weighted by molar-refractivity contribution is 0.283. The van der Waals surface area contributed by atoms with E-state index >= 15 is 0 Å². The molecule has 3 aromatic heterocycles. The summed E-state index contributed by atoms with van der Waals surface area (Å²) in [4.78, 5) is 17.2. The molecule has 0 saturated heterocycles. The van der Waals surface area contributed by atoms with E-state index in [4.69, 9.17) is 15.1 Å². The van der Waals surface area contributed by atoms with Crippen LogP contribution in [0.15, 0.2) is 18.2 Å². The van der Waals surface area contributed by atoms with Crippen molar-refractivity contribution in [3.8, 4) is 0 Å². The molecule has 0 amide bonds. The number of nitrogens with one attached hydrogen (secondary N) is 2. The van der Waals surface area contributed by atoms with Crippen molar-refractivity contribution >= 4 is 33.7 Å². The van der Waals surface area contributed by atoms with Gasteiger partial charge in [-0.1, -0.05) is 20.8 Å². The van der Waals surface area contributed by atoms with Crippen molar-refractivity contribution in [2.24, 2.45) is 0 Å². The van der Waals surface area contributed by atoms with Crippen LogP contribution in [0, 0.1) is 20.8 Å². The summed E-state index contributed by atoms with van der Waals surface area (Å²) in [5, 5.41) is 18.0. The average molecular weight is 501 g/mol. The van der Waals surface area contributed by atoms with Crippen LogP contribution < -0.4 is 0 Å². The zero-order valence-corrected chi connectivity index (χ0v) is 23.2. The fraction of sp³-hybridized carbons (Fsp3) is 0.419. The zero-order valence-electron chi connectivity index (χ0n) is 23.2. The molecule has 5 heterocycles. The number of hydrogen-bond acceptors (Lipinski definition) is 4. The smallest absolute Gasteiger partial charge is 0.0705 e. The topological polar surface area (TPSA) is 97.8 Å². The molecule has 0 aromatic carbocycles. The maximum Gasteiger partial charge on any atom is 0.0705 e. The number of aliphatic hydroxyl groups excluding tert-OH is 2. The molecule has 196 valence electrons. The molecule has 8 bridgehead atoms. The Morgan fingerprint density at radius 2 is 1.46 bits per heavy atom. The highest BCUT2D eigenvalue weighted by molar-refractivity contribution is 5.85. The molecule has 2 aliphatic rings. The van der Waals surface area contributed by atoms with Crippen molar-refractivity contribution in [3.05, 3.63) is 68.8 Å². The van der Waals surface area contributed by atoms with Gasteiger partial charge in [-0.15, -0.1) is 0 Å². The number of aliphatic hydroxyl groups is 2. The van der Waals surface area contributed by atoms with Gasteiger partial charge in [-0.05, 0) is 99.1 Å². The molecule has 0 radical (unpaired) electrons. The highest BCUT2D eigenvalue weighted by Crippen LogP contribution is 2.31. The molecule has 6 heteroatoms. The summed E-state index contributed by atoms with van der Waals surface area (Å²) in [6.45, 7) is 15.1. The van der Waals surface area contributed by atoms with Gasteiger partial charge in [0.05, 0.1) is 18.0 Å². The van der Waals surface area contributed by atoms with Crippen molar-refractivity contribution in [2.45, 2.75) is 80.3 Å². The van der Waals surface area contributed by atoms with Crippen LogP contribution in [0.25, 0.3) is 33.7 Å². The third-order valence-electron chi connectivity index (χ3n) is 7.58. The Balaban J connectivity index is 0.000000747. The van der Waals surface area contributed by atoms with Gasteiger partial charge in [-0.3, -0.25) is 4.98 Å². The van der Waals surface area contributed by atoms with Crippen LogP contribution in [0.3, 0.4) is 0 Å². The number of rotatable bonds is 3. The molecule has 1 atom stereocenters. The highest BCUT2D eigenvalue weighted by Gasteiger charge is 2.20. The van der Waals surface area contributed by atoms with Crippen LogP contribution in [0.4, 0.5) is 0 Å². The number of aromatic amines is 2. The summed E-state index contributed by atoms with van der Waals surface area (Å²) in [5.74, 6) is 0.334. The lowest BCUT2D eigenvalue weighted by Gasteiger charge is -2.00. The number of fused-ring (bicyclic) bond motifs is 8.